The van der Waals surface area contributed by atoms with E-state index >= 15 is 0 Å². The zero-order chi connectivity index (χ0) is 12.4. The van der Waals surface area contributed by atoms with Crippen LogP contribution in [0.1, 0.15) is 11.1 Å². The van der Waals surface area contributed by atoms with Crippen molar-refractivity contribution in [1.82, 2.24) is 4.98 Å². The van der Waals surface area contributed by atoms with Gasteiger partial charge in [0, 0.05) is 12.6 Å². The maximum absolute atomic E-state index is 5.57. The van der Waals surface area contributed by atoms with Gasteiger partial charge in [0.05, 0.1) is 13.3 Å². The van der Waals surface area contributed by atoms with E-state index in [1.54, 1.807) is 20.4 Å². The van der Waals surface area contributed by atoms with Gasteiger partial charge in [0.1, 0.15) is 5.75 Å². The first kappa shape index (κ1) is 11.5. The number of anilines is 1. The number of ether oxygens (including phenoxy) is 1. The number of hydrogen-bond acceptors (Lipinski definition) is 4. The number of aromatic nitrogens is 1. The lowest BCUT2D eigenvalue weighted by molar-refractivity contribution is 0.411. The van der Waals surface area contributed by atoms with Crippen molar-refractivity contribution in [2.24, 2.45) is 0 Å². The number of hydrogen-bond donors (Lipinski definition) is 1. The predicted molar refractivity (Wildman–Crippen MR) is 67.5 cm³/mol. The SMILES string of the molecule is CNc1ncc(-c2cc(C)c(OC)cc2C)o1. The normalized spacial score (nSPS) is 10.4. The molecular formula is C13H16N2O2. The zero-order valence-corrected chi connectivity index (χ0v) is 10.5. The third-order valence-electron chi connectivity index (χ3n) is 2.73. The van der Waals surface area contributed by atoms with Gasteiger partial charge in [0.15, 0.2) is 5.76 Å². The van der Waals surface area contributed by atoms with Gasteiger partial charge in [-0.2, -0.15) is 0 Å². The van der Waals surface area contributed by atoms with Gasteiger partial charge < -0.3 is 14.5 Å². The van der Waals surface area contributed by atoms with E-state index in [-0.39, 0.29) is 0 Å². The van der Waals surface area contributed by atoms with Gasteiger partial charge in [0.25, 0.3) is 6.01 Å². The molecule has 2 rings (SSSR count). The molecule has 0 amide bonds. The van der Waals surface area contributed by atoms with E-state index in [1.807, 2.05) is 26.0 Å². The van der Waals surface area contributed by atoms with Crippen molar-refractivity contribution in [2.75, 3.05) is 19.5 Å². The number of aryl methyl sites for hydroxylation is 2. The molecule has 0 unspecified atom stereocenters. The third kappa shape index (κ3) is 2.11. The minimum absolute atomic E-state index is 0.521. The first-order chi connectivity index (χ1) is 8.15. The molecule has 0 bridgehead atoms. The largest absolute Gasteiger partial charge is 0.496 e. The summed E-state index contributed by atoms with van der Waals surface area (Å²) in [7, 11) is 3.46. The van der Waals surface area contributed by atoms with Crippen molar-refractivity contribution >= 4 is 6.01 Å². The van der Waals surface area contributed by atoms with Gasteiger partial charge in [-0.05, 0) is 37.1 Å². The molecule has 90 valence electrons. The Morgan fingerprint density at radius 1 is 1.24 bits per heavy atom. The van der Waals surface area contributed by atoms with Gasteiger partial charge in [0.2, 0.25) is 0 Å². The van der Waals surface area contributed by atoms with Crippen LogP contribution < -0.4 is 10.1 Å². The highest BCUT2D eigenvalue weighted by Crippen LogP contribution is 2.31. The fourth-order valence-electron chi connectivity index (χ4n) is 1.79. The van der Waals surface area contributed by atoms with Crippen LogP contribution in [-0.4, -0.2) is 19.1 Å². The Kier molecular flexibility index (Phi) is 3.04. The number of nitrogens with one attached hydrogen (secondary N) is 1. The highest BCUT2D eigenvalue weighted by molar-refractivity contribution is 5.65. The first-order valence-corrected chi connectivity index (χ1v) is 5.45. The van der Waals surface area contributed by atoms with Crippen LogP contribution in [-0.2, 0) is 0 Å². The van der Waals surface area contributed by atoms with Crippen molar-refractivity contribution in [3.05, 3.63) is 29.5 Å². The van der Waals surface area contributed by atoms with Crippen molar-refractivity contribution in [2.45, 2.75) is 13.8 Å². The minimum atomic E-state index is 0.521. The van der Waals surface area contributed by atoms with Crippen LogP contribution in [0.4, 0.5) is 6.01 Å². The maximum atomic E-state index is 5.57. The van der Waals surface area contributed by atoms with E-state index in [0.29, 0.717) is 6.01 Å². The zero-order valence-electron chi connectivity index (χ0n) is 10.5. The summed E-state index contributed by atoms with van der Waals surface area (Å²) in [6, 6.07) is 4.58. The minimum Gasteiger partial charge on any atom is -0.496 e. The topological polar surface area (TPSA) is 47.3 Å². The fraction of sp³-hybridized carbons (Fsp3) is 0.308. The molecular weight excluding hydrogens is 216 g/mol. The molecule has 0 fully saturated rings. The lowest BCUT2D eigenvalue weighted by Gasteiger charge is -2.09. The summed E-state index contributed by atoms with van der Waals surface area (Å²) >= 11 is 0. The van der Waals surface area contributed by atoms with Crippen LogP contribution in [0.3, 0.4) is 0 Å². The van der Waals surface area contributed by atoms with Crippen LogP contribution in [0, 0.1) is 13.8 Å². The van der Waals surface area contributed by atoms with Crippen molar-refractivity contribution in [1.29, 1.82) is 0 Å². The molecule has 0 radical (unpaired) electrons. The van der Waals surface area contributed by atoms with E-state index in [9.17, 15) is 0 Å². The molecule has 4 nitrogen and oxygen atoms in total. The number of oxazole rings is 1. The summed E-state index contributed by atoms with van der Waals surface area (Å²) in [5.74, 6) is 1.65. The van der Waals surface area contributed by atoms with E-state index < -0.39 is 0 Å². The Balaban J connectivity index is 2.48. The van der Waals surface area contributed by atoms with E-state index in [0.717, 1.165) is 28.2 Å². The highest BCUT2D eigenvalue weighted by Gasteiger charge is 2.11. The van der Waals surface area contributed by atoms with Gasteiger partial charge >= 0.3 is 0 Å². The molecule has 1 N–H and O–H groups in total. The molecule has 0 atom stereocenters. The highest BCUT2D eigenvalue weighted by atomic mass is 16.5. The summed E-state index contributed by atoms with van der Waals surface area (Å²) in [4.78, 5) is 4.12. The summed E-state index contributed by atoms with van der Waals surface area (Å²) < 4.78 is 10.8. The van der Waals surface area contributed by atoms with Gasteiger partial charge in [-0.25, -0.2) is 4.98 Å². The molecule has 1 aromatic heterocycles. The van der Waals surface area contributed by atoms with Crippen LogP contribution in [0.25, 0.3) is 11.3 Å². The Hall–Kier alpha value is -1.97. The lowest BCUT2D eigenvalue weighted by atomic mass is 10.0. The summed E-state index contributed by atoms with van der Waals surface area (Å²) in [6.45, 7) is 4.04. The number of methoxy groups -OCH3 is 1. The van der Waals surface area contributed by atoms with Crippen LogP contribution in [0.15, 0.2) is 22.7 Å². The second kappa shape index (κ2) is 4.49. The number of rotatable bonds is 3. The Morgan fingerprint density at radius 2 is 2.00 bits per heavy atom. The summed E-state index contributed by atoms with van der Waals surface area (Å²) in [6.07, 6.45) is 1.72. The molecule has 2 aromatic rings. The van der Waals surface area contributed by atoms with Gasteiger partial charge in [-0.3, -0.25) is 0 Å². The molecule has 1 aromatic carbocycles. The average Bonchev–Trinajstić information content (AvgIpc) is 2.80. The van der Waals surface area contributed by atoms with Crippen LogP contribution in [0.5, 0.6) is 5.75 Å². The number of nitrogens with zero attached hydrogens (tertiary/aromatic N) is 1. The van der Waals surface area contributed by atoms with Gasteiger partial charge in [-0.15, -0.1) is 0 Å². The van der Waals surface area contributed by atoms with Crippen molar-refractivity contribution < 1.29 is 9.15 Å². The smallest absolute Gasteiger partial charge is 0.294 e. The molecule has 1 heterocycles. The quantitative estimate of drug-likeness (QED) is 0.883. The molecule has 4 heteroatoms. The Bertz CT molecular complexity index is 532. The molecule has 0 saturated heterocycles. The average molecular weight is 232 g/mol. The van der Waals surface area contributed by atoms with Gasteiger partial charge in [-0.1, -0.05) is 0 Å². The summed E-state index contributed by atoms with van der Waals surface area (Å²) in [5, 5.41) is 2.87. The molecule has 0 saturated carbocycles. The molecule has 0 aliphatic heterocycles. The van der Waals surface area contributed by atoms with Crippen molar-refractivity contribution in [3.8, 4) is 17.1 Å². The Morgan fingerprint density at radius 3 is 2.59 bits per heavy atom. The van der Waals surface area contributed by atoms with E-state index in [2.05, 4.69) is 10.3 Å². The number of benzene rings is 1. The molecule has 17 heavy (non-hydrogen) atoms. The maximum Gasteiger partial charge on any atom is 0.294 e. The Labute approximate surface area is 101 Å². The standard InChI is InChI=1S/C13H16N2O2/c1-8-6-11(16-4)9(2)5-10(8)12-7-15-13(14-3)17-12/h5-7H,1-4H3,(H,14,15). The second-order valence-corrected chi connectivity index (χ2v) is 3.92. The lowest BCUT2D eigenvalue weighted by Crippen LogP contribution is -1.90. The molecule has 0 aliphatic rings. The predicted octanol–water partition coefficient (Wildman–Crippen LogP) is 3.01. The summed E-state index contributed by atoms with van der Waals surface area (Å²) in [5.41, 5.74) is 3.22. The fourth-order valence-corrected chi connectivity index (χ4v) is 1.79. The first-order valence-electron chi connectivity index (χ1n) is 5.45. The van der Waals surface area contributed by atoms with Crippen molar-refractivity contribution in [3.63, 3.8) is 0 Å². The molecule has 0 spiro atoms. The molecule has 0 aliphatic carbocycles. The van der Waals surface area contributed by atoms with E-state index in [4.69, 9.17) is 9.15 Å². The van der Waals surface area contributed by atoms with Crippen LogP contribution >= 0.6 is 0 Å². The monoisotopic (exact) mass is 232 g/mol. The van der Waals surface area contributed by atoms with Crippen LogP contribution in [0.2, 0.25) is 0 Å². The van der Waals surface area contributed by atoms with E-state index in [1.165, 1.54) is 0 Å². The third-order valence-corrected chi connectivity index (χ3v) is 2.73. The second-order valence-electron chi connectivity index (χ2n) is 3.92.